The molecule has 1 aliphatic heterocycles. The normalized spacial score (nSPS) is 23.8. The lowest BCUT2D eigenvalue weighted by molar-refractivity contribution is -0.143. The number of carbonyl (C=O) groups is 2. The van der Waals surface area contributed by atoms with Crippen LogP contribution in [0.4, 0.5) is 0 Å². The summed E-state index contributed by atoms with van der Waals surface area (Å²) in [5.41, 5.74) is 0. The van der Waals surface area contributed by atoms with Gasteiger partial charge in [0.15, 0.2) is 0 Å². The molecule has 7 nitrogen and oxygen atoms in total. The second-order valence-corrected chi connectivity index (χ2v) is 10.7. The lowest BCUT2D eigenvalue weighted by Crippen LogP contribution is -2.46. The number of hydrogen-bond acceptors (Lipinski definition) is 6. The van der Waals surface area contributed by atoms with Gasteiger partial charge in [-0.2, -0.15) is 0 Å². The second-order valence-electron chi connectivity index (χ2n) is 9.60. The fraction of sp³-hybridized carbons (Fsp3) is 0.654. The zero-order chi connectivity index (χ0) is 23.9. The number of thiophene rings is 1. The SMILES string of the molecule is COC1CCC(C(=O)N2CCC(CCCCNC(=O)c3cc4ccncc4s3)CC2)CC1OC. The molecule has 0 bridgehead atoms. The van der Waals surface area contributed by atoms with Gasteiger partial charge in [0, 0.05) is 52.2 Å². The van der Waals surface area contributed by atoms with E-state index in [4.69, 9.17) is 9.47 Å². The van der Waals surface area contributed by atoms with E-state index in [1.54, 1.807) is 26.6 Å². The molecule has 186 valence electrons. The summed E-state index contributed by atoms with van der Waals surface area (Å²) in [5, 5.41) is 4.12. The molecule has 1 N–H and O–H groups in total. The molecule has 1 aliphatic carbocycles. The van der Waals surface area contributed by atoms with Crippen LogP contribution in [0.15, 0.2) is 24.5 Å². The molecule has 3 unspecified atom stereocenters. The summed E-state index contributed by atoms with van der Waals surface area (Å²) < 4.78 is 12.1. The van der Waals surface area contributed by atoms with Crippen molar-refractivity contribution in [3.8, 4) is 0 Å². The highest BCUT2D eigenvalue weighted by Gasteiger charge is 2.36. The minimum atomic E-state index is 0.00302. The van der Waals surface area contributed by atoms with Gasteiger partial charge in [-0.1, -0.05) is 12.8 Å². The number of nitrogens with zero attached hydrogens (tertiary/aromatic N) is 2. The van der Waals surface area contributed by atoms with Crippen molar-refractivity contribution < 1.29 is 19.1 Å². The van der Waals surface area contributed by atoms with Crippen LogP contribution in [-0.2, 0) is 14.3 Å². The Labute approximate surface area is 206 Å². The van der Waals surface area contributed by atoms with E-state index in [-0.39, 0.29) is 24.0 Å². The first-order chi connectivity index (χ1) is 16.6. The van der Waals surface area contributed by atoms with E-state index in [1.807, 2.05) is 12.1 Å². The number of amides is 2. The molecule has 2 aromatic rings. The molecular formula is C26H37N3O4S. The van der Waals surface area contributed by atoms with Gasteiger partial charge in [-0.05, 0) is 62.0 Å². The first-order valence-electron chi connectivity index (χ1n) is 12.5. The highest BCUT2D eigenvalue weighted by atomic mass is 32.1. The van der Waals surface area contributed by atoms with Gasteiger partial charge >= 0.3 is 0 Å². The summed E-state index contributed by atoms with van der Waals surface area (Å²) in [6.07, 6.45) is 11.6. The molecule has 0 aromatic carbocycles. The van der Waals surface area contributed by atoms with Gasteiger partial charge in [0.25, 0.3) is 5.91 Å². The number of ether oxygens (including phenoxy) is 2. The number of fused-ring (bicyclic) bond motifs is 1. The van der Waals surface area contributed by atoms with Gasteiger partial charge < -0.3 is 19.7 Å². The summed E-state index contributed by atoms with van der Waals surface area (Å²) in [4.78, 5) is 32.4. The van der Waals surface area contributed by atoms with E-state index in [2.05, 4.69) is 15.2 Å². The van der Waals surface area contributed by atoms with E-state index < -0.39 is 0 Å². The zero-order valence-electron chi connectivity index (χ0n) is 20.3. The van der Waals surface area contributed by atoms with Crippen molar-refractivity contribution in [3.63, 3.8) is 0 Å². The quantitative estimate of drug-likeness (QED) is 0.535. The molecule has 1 saturated carbocycles. The van der Waals surface area contributed by atoms with Crippen LogP contribution in [0.1, 0.15) is 61.0 Å². The van der Waals surface area contributed by atoms with Crippen molar-refractivity contribution in [2.75, 3.05) is 33.9 Å². The monoisotopic (exact) mass is 487 g/mol. The molecule has 0 radical (unpaired) electrons. The maximum absolute atomic E-state index is 13.0. The Morgan fingerprint density at radius 3 is 2.65 bits per heavy atom. The van der Waals surface area contributed by atoms with Crippen LogP contribution in [0.3, 0.4) is 0 Å². The lowest BCUT2D eigenvalue weighted by Gasteiger charge is -2.38. The highest BCUT2D eigenvalue weighted by molar-refractivity contribution is 7.20. The molecule has 1 saturated heterocycles. The van der Waals surface area contributed by atoms with Crippen molar-refractivity contribution >= 4 is 33.2 Å². The van der Waals surface area contributed by atoms with Gasteiger partial charge in [0.1, 0.15) is 0 Å². The summed E-state index contributed by atoms with van der Waals surface area (Å²) in [6, 6.07) is 3.87. The molecule has 2 aliphatic rings. The predicted molar refractivity (Wildman–Crippen MR) is 134 cm³/mol. The fourth-order valence-electron chi connectivity index (χ4n) is 5.39. The average molecular weight is 488 g/mol. The molecule has 8 heteroatoms. The van der Waals surface area contributed by atoms with Gasteiger partial charge in [-0.3, -0.25) is 14.6 Å². The zero-order valence-corrected chi connectivity index (χ0v) is 21.1. The molecule has 2 aromatic heterocycles. The largest absolute Gasteiger partial charge is 0.379 e. The average Bonchev–Trinajstić information content (AvgIpc) is 3.32. The number of hydrogen-bond donors (Lipinski definition) is 1. The molecule has 0 spiro atoms. The molecule has 2 fully saturated rings. The van der Waals surface area contributed by atoms with Crippen LogP contribution in [0.25, 0.3) is 10.1 Å². The summed E-state index contributed by atoms with van der Waals surface area (Å²) >= 11 is 1.49. The van der Waals surface area contributed by atoms with Crippen LogP contribution >= 0.6 is 11.3 Å². The molecule has 3 heterocycles. The van der Waals surface area contributed by atoms with Crippen LogP contribution in [0.5, 0.6) is 0 Å². The topological polar surface area (TPSA) is 80.8 Å². The second kappa shape index (κ2) is 12.1. The van der Waals surface area contributed by atoms with E-state index in [0.717, 1.165) is 79.4 Å². The molecule has 4 rings (SSSR count). The number of pyridine rings is 1. The Morgan fingerprint density at radius 1 is 1.12 bits per heavy atom. The Kier molecular flexibility index (Phi) is 8.92. The van der Waals surface area contributed by atoms with Gasteiger partial charge in [0.05, 0.1) is 21.8 Å². The van der Waals surface area contributed by atoms with Crippen LogP contribution in [0, 0.1) is 11.8 Å². The minimum absolute atomic E-state index is 0.00302. The number of methoxy groups -OCH3 is 2. The summed E-state index contributed by atoms with van der Waals surface area (Å²) in [6.45, 7) is 2.43. The van der Waals surface area contributed by atoms with Gasteiger partial charge in [0.2, 0.25) is 5.91 Å². The van der Waals surface area contributed by atoms with E-state index in [0.29, 0.717) is 18.4 Å². The number of likely N-dealkylation sites (tertiary alicyclic amines) is 1. The fourth-order valence-corrected chi connectivity index (χ4v) is 6.33. The maximum atomic E-state index is 13.0. The number of piperidine rings is 1. The summed E-state index contributed by atoms with van der Waals surface area (Å²) in [7, 11) is 3.43. The molecule has 34 heavy (non-hydrogen) atoms. The van der Waals surface area contributed by atoms with Crippen molar-refractivity contribution in [2.24, 2.45) is 11.8 Å². The van der Waals surface area contributed by atoms with Crippen molar-refractivity contribution in [2.45, 2.75) is 63.6 Å². The lowest BCUT2D eigenvalue weighted by atomic mass is 9.83. The predicted octanol–water partition coefficient (Wildman–Crippen LogP) is 4.27. The first-order valence-corrected chi connectivity index (χ1v) is 13.4. The first kappa shape index (κ1) is 25.1. The number of carbonyl (C=O) groups excluding carboxylic acids is 2. The maximum Gasteiger partial charge on any atom is 0.261 e. The van der Waals surface area contributed by atoms with Crippen LogP contribution in [-0.4, -0.2) is 67.8 Å². The van der Waals surface area contributed by atoms with E-state index >= 15 is 0 Å². The van der Waals surface area contributed by atoms with E-state index in [1.165, 1.54) is 11.3 Å². The number of nitrogens with one attached hydrogen (secondary N) is 1. The number of aromatic nitrogens is 1. The van der Waals surface area contributed by atoms with Gasteiger partial charge in [-0.15, -0.1) is 11.3 Å². The Balaban J connectivity index is 1.11. The third kappa shape index (κ3) is 6.15. The standard InChI is InChI=1S/C26H37N3O4S/c1-32-21-7-6-20(15-22(21)33-2)26(31)29-13-9-18(10-14-29)5-3-4-11-28-25(30)23-16-19-8-12-27-17-24(19)34-23/h8,12,16-18,20-22H,3-7,9-11,13-15H2,1-2H3,(H,28,30). The Bertz CT molecular complexity index is 923. The molecule has 3 atom stereocenters. The van der Waals surface area contributed by atoms with Crippen molar-refractivity contribution in [3.05, 3.63) is 29.4 Å². The van der Waals surface area contributed by atoms with E-state index in [9.17, 15) is 9.59 Å². The highest BCUT2D eigenvalue weighted by Crippen LogP contribution is 2.31. The smallest absolute Gasteiger partial charge is 0.261 e. The Hall–Kier alpha value is -2.03. The number of rotatable bonds is 9. The van der Waals surface area contributed by atoms with Gasteiger partial charge in [-0.25, -0.2) is 0 Å². The Morgan fingerprint density at radius 2 is 1.91 bits per heavy atom. The molecular weight excluding hydrogens is 450 g/mol. The summed E-state index contributed by atoms with van der Waals surface area (Å²) in [5.74, 6) is 1.04. The third-order valence-electron chi connectivity index (χ3n) is 7.48. The minimum Gasteiger partial charge on any atom is -0.379 e. The van der Waals surface area contributed by atoms with Crippen molar-refractivity contribution in [1.29, 1.82) is 0 Å². The van der Waals surface area contributed by atoms with Crippen LogP contribution in [0.2, 0.25) is 0 Å². The number of unbranched alkanes of at least 4 members (excludes halogenated alkanes) is 1. The third-order valence-corrected chi connectivity index (χ3v) is 8.57. The molecule has 2 amide bonds. The van der Waals surface area contributed by atoms with Crippen LogP contribution < -0.4 is 5.32 Å². The van der Waals surface area contributed by atoms with Crippen molar-refractivity contribution in [1.82, 2.24) is 15.2 Å².